The van der Waals surface area contributed by atoms with E-state index in [4.69, 9.17) is 4.42 Å². The average Bonchev–Trinajstić information content (AvgIpc) is 3.35. The fraction of sp³-hybridized carbons (Fsp3) is 0.143. The molecule has 0 N–H and O–H groups in total. The van der Waals surface area contributed by atoms with Crippen LogP contribution in [0, 0.1) is 0 Å². The lowest BCUT2D eigenvalue weighted by Crippen LogP contribution is -2.49. The number of pyridine rings is 2. The van der Waals surface area contributed by atoms with Gasteiger partial charge in [-0.3, -0.25) is 0 Å². The van der Waals surface area contributed by atoms with Crippen LogP contribution in [0.15, 0.2) is 120 Å². The van der Waals surface area contributed by atoms with Crippen LogP contribution in [0.1, 0.15) is 35.9 Å². The average molecular weight is 493 g/mol. The molecule has 0 bridgehead atoms. The standard InChI is InChI=1S/C35H28N2O/c1-23-22-32-27(25-10-2-3-11-26(25)30-13-6-9-21-37(30)32)18-16-24-17-19-29-28-12-4-5-15-33(28)38-35(29)34(24)31-14-7-8-20-36(23)31/h2-15,17,19-21,27,32H,1,16,18,22H2/q+2. The highest BCUT2D eigenvalue weighted by molar-refractivity contribution is 6.09. The predicted molar refractivity (Wildman–Crippen MR) is 151 cm³/mol. The monoisotopic (exact) mass is 492 g/mol. The van der Waals surface area contributed by atoms with Crippen molar-refractivity contribution in [3.05, 3.63) is 127 Å². The van der Waals surface area contributed by atoms with Crippen LogP contribution in [0.25, 0.3) is 50.2 Å². The molecule has 0 radical (unpaired) electrons. The Balaban J connectivity index is 1.38. The van der Waals surface area contributed by atoms with Crippen molar-refractivity contribution in [1.82, 2.24) is 0 Å². The molecule has 182 valence electrons. The number of aromatic nitrogens is 2. The minimum atomic E-state index is 0.297. The van der Waals surface area contributed by atoms with Crippen molar-refractivity contribution in [2.75, 3.05) is 0 Å². The van der Waals surface area contributed by atoms with Crippen molar-refractivity contribution in [1.29, 1.82) is 0 Å². The summed E-state index contributed by atoms with van der Waals surface area (Å²) in [5, 5.41) is 2.33. The molecule has 2 atom stereocenters. The van der Waals surface area contributed by atoms with E-state index >= 15 is 0 Å². The number of fused-ring (bicyclic) bond motifs is 13. The van der Waals surface area contributed by atoms with Gasteiger partial charge in [0.1, 0.15) is 11.2 Å². The molecule has 3 aromatic heterocycles. The van der Waals surface area contributed by atoms with Gasteiger partial charge in [0, 0.05) is 46.5 Å². The number of rotatable bonds is 0. The van der Waals surface area contributed by atoms with Crippen molar-refractivity contribution in [2.24, 2.45) is 0 Å². The minimum Gasteiger partial charge on any atom is -0.455 e. The number of benzene rings is 3. The van der Waals surface area contributed by atoms with Crippen molar-refractivity contribution < 1.29 is 13.6 Å². The van der Waals surface area contributed by atoms with Crippen molar-refractivity contribution >= 4 is 27.6 Å². The smallest absolute Gasteiger partial charge is 0.222 e. The van der Waals surface area contributed by atoms with Gasteiger partial charge in [-0.1, -0.05) is 48.5 Å². The Labute approximate surface area is 221 Å². The molecule has 3 heteroatoms. The SMILES string of the molecule is C=C1CC2C(CCc3ccc4c(oc5ccccc54)c3-c3cccc[n+]31)c1ccccc1-c1cccc[n+]12. The number of furan rings is 1. The Morgan fingerprint density at radius 1 is 0.737 bits per heavy atom. The van der Waals surface area contributed by atoms with Crippen LogP contribution < -0.4 is 9.13 Å². The van der Waals surface area contributed by atoms with Gasteiger partial charge >= 0.3 is 0 Å². The molecule has 0 spiro atoms. The molecular formula is C35H28N2O+2. The maximum Gasteiger partial charge on any atom is 0.222 e. The first-order chi connectivity index (χ1) is 18.8. The van der Waals surface area contributed by atoms with Crippen LogP contribution >= 0.6 is 0 Å². The summed E-state index contributed by atoms with van der Waals surface area (Å²) >= 11 is 0. The molecule has 2 unspecified atom stereocenters. The van der Waals surface area contributed by atoms with Crippen LogP contribution in [0.4, 0.5) is 0 Å². The van der Waals surface area contributed by atoms with Gasteiger partial charge in [0.05, 0.1) is 12.0 Å². The molecule has 3 aromatic carbocycles. The third-order valence-electron chi connectivity index (χ3n) is 8.61. The van der Waals surface area contributed by atoms with E-state index in [1.54, 1.807) is 0 Å². The van der Waals surface area contributed by atoms with Crippen molar-refractivity contribution in [3.8, 4) is 22.5 Å². The molecule has 5 heterocycles. The summed E-state index contributed by atoms with van der Waals surface area (Å²) in [6.07, 6.45) is 7.31. The van der Waals surface area contributed by atoms with Gasteiger partial charge in [-0.15, -0.1) is 0 Å². The second-order valence-electron chi connectivity index (χ2n) is 10.6. The Morgan fingerprint density at radius 2 is 1.53 bits per heavy atom. The van der Waals surface area contributed by atoms with Crippen LogP contribution in [0.3, 0.4) is 0 Å². The largest absolute Gasteiger partial charge is 0.455 e. The summed E-state index contributed by atoms with van der Waals surface area (Å²) in [6.45, 7) is 4.66. The van der Waals surface area contributed by atoms with Gasteiger partial charge in [-0.05, 0) is 54.8 Å². The number of hydrogen-bond acceptors (Lipinski definition) is 1. The predicted octanol–water partition coefficient (Wildman–Crippen LogP) is 7.64. The number of allylic oxidation sites excluding steroid dienone is 1. The van der Waals surface area contributed by atoms with E-state index in [0.29, 0.717) is 12.0 Å². The van der Waals surface area contributed by atoms with Gasteiger partial charge in [-0.2, -0.15) is 9.13 Å². The highest BCUT2D eigenvalue weighted by atomic mass is 16.3. The fourth-order valence-electron chi connectivity index (χ4n) is 6.91. The zero-order chi connectivity index (χ0) is 25.2. The third-order valence-corrected chi connectivity index (χ3v) is 8.61. The van der Waals surface area contributed by atoms with E-state index < -0.39 is 0 Å². The molecule has 0 fully saturated rings. The molecule has 3 nitrogen and oxygen atoms in total. The lowest BCUT2D eigenvalue weighted by Gasteiger charge is -2.31. The lowest BCUT2D eigenvalue weighted by atomic mass is 9.77. The zero-order valence-corrected chi connectivity index (χ0v) is 21.2. The topological polar surface area (TPSA) is 20.9 Å². The van der Waals surface area contributed by atoms with E-state index in [0.717, 1.165) is 47.2 Å². The van der Waals surface area contributed by atoms with Crippen LogP contribution in [-0.2, 0) is 6.42 Å². The Hall–Kier alpha value is -4.50. The number of para-hydroxylation sites is 1. The van der Waals surface area contributed by atoms with Crippen molar-refractivity contribution in [3.63, 3.8) is 0 Å². The first kappa shape index (κ1) is 21.6. The van der Waals surface area contributed by atoms with E-state index in [-0.39, 0.29) is 0 Å². The first-order valence-corrected chi connectivity index (χ1v) is 13.5. The second-order valence-corrected chi connectivity index (χ2v) is 10.6. The zero-order valence-electron chi connectivity index (χ0n) is 21.2. The molecule has 0 saturated heterocycles. The Bertz CT molecular complexity index is 1900. The van der Waals surface area contributed by atoms with Gasteiger partial charge in [0.15, 0.2) is 24.1 Å². The maximum absolute atomic E-state index is 6.57. The molecule has 0 amide bonds. The third kappa shape index (κ3) is 3.08. The molecule has 0 saturated carbocycles. The Kier molecular flexibility index (Phi) is 4.69. The molecule has 38 heavy (non-hydrogen) atoms. The summed E-state index contributed by atoms with van der Waals surface area (Å²) in [4.78, 5) is 0. The van der Waals surface area contributed by atoms with E-state index in [2.05, 4.69) is 119 Å². The highest BCUT2D eigenvalue weighted by Crippen LogP contribution is 2.45. The molecular weight excluding hydrogens is 464 g/mol. The summed E-state index contributed by atoms with van der Waals surface area (Å²) in [7, 11) is 0. The quantitative estimate of drug-likeness (QED) is 0.200. The molecule has 6 aromatic rings. The number of hydrogen-bond donors (Lipinski definition) is 0. The van der Waals surface area contributed by atoms with Crippen LogP contribution in [0.2, 0.25) is 0 Å². The normalized spacial score (nSPS) is 18.3. The summed E-state index contributed by atoms with van der Waals surface area (Å²) in [5.41, 5.74) is 10.7. The van der Waals surface area contributed by atoms with Crippen LogP contribution in [0.5, 0.6) is 0 Å². The summed E-state index contributed by atoms with van der Waals surface area (Å²) in [6, 6.07) is 35.2. The van der Waals surface area contributed by atoms with Crippen molar-refractivity contribution in [2.45, 2.75) is 31.2 Å². The fourth-order valence-corrected chi connectivity index (χ4v) is 6.91. The van der Waals surface area contributed by atoms with Crippen LogP contribution in [-0.4, -0.2) is 0 Å². The lowest BCUT2D eigenvalue weighted by molar-refractivity contribution is -0.720. The minimum absolute atomic E-state index is 0.297. The van der Waals surface area contributed by atoms with Gasteiger partial charge in [0.2, 0.25) is 11.4 Å². The molecule has 8 rings (SSSR count). The molecule has 0 aliphatic carbocycles. The van der Waals surface area contributed by atoms with E-state index in [1.807, 2.05) is 6.07 Å². The van der Waals surface area contributed by atoms with Gasteiger partial charge in [0.25, 0.3) is 0 Å². The maximum atomic E-state index is 6.57. The molecule has 2 aliphatic heterocycles. The summed E-state index contributed by atoms with van der Waals surface area (Å²) < 4.78 is 11.4. The first-order valence-electron chi connectivity index (χ1n) is 13.5. The number of nitrogens with zero attached hydrogens (tertiary/aromatic N) is 2. The highest BCUT2D eigenvalue weighted by Gasteiger charge is 2.42. The summed E-state index contributed by atoms with van der Waals surface area (Å²) in [5.74, 6) is 0.382. The Morgan fingerprint density at radius 3 is 2.47 bits per heavy atom. The number of aryl methyl sites for hydroxylation is 1. The van der Waals surface area contributed by atoms with E-state index in [1.165, 1.54) is 33.3 Å². The van der Waals surface area contributed by atoms with Gasteiger partial charge < -0.3 is 4.42 Å². The molecule has 2 aliphatic rings. The van der Waals surface area contributed by atoms with E-state index in [9.17, 15) is 0 Å². The van der Waals surface area contributed by atoms with Gasteiger partial charge in [-0.25, -0.2) is 0 Å². The second kappa shape index (κ2) is 8.26.